The molecule has 6 heteroatoms. The first-order valence-corrected chi connectivity index (χ1v) is 5.92. The van der Waals surface area contributed by atoms with E-state index in [9.17, 15) is 22.7 Å². The van der Waals surface area contributed by atoms with E-state index >= 15 is 0 Å². The Bertz CT molecular complexity index is 454. The minimum Gasteiger partial charge on any atom is -0.386 e. The molecule has 0 aliphatic heterocycles. The summed E-state index contributed by atoms with van der Waals surface area (Å²) in [5.41, 5.74) is -1.35. The van der Waals surface area contributed by atoms with Gasteiger partial charge < -0.3 is 9.84 Å². The molecule has 2 unspecified atom stereocenters. The highest BCUT2D eigenvalue weighted by molar-refractivity contribution is 5.29. The van der Waals surface area contributed by atoms with Crippen LogP contribution in [0.25, 0.3) is 0 Å². The molecule has 1 saturated carbocycles. The fraction of sp³-hybridized carbons (Fsp3) is 0.538. The van der Waals surface area contributed by atoms with Crippen LogP contribution in [0.5, 0.6) is 0 Å². The van der Waals surface area contributed by atoms with Crippen molar-refractivity contribution in [1.29, 1.82) is 0 Å². The van der Waals surface area contributed by atoms with Gasteiger partial charge in [-0.3, -0.25) is 0 Å². The summed E-state index contributed by atoms with van der Waals surface area (Å²) in [4.78, 5) is 0. The van der Waals surface area contributed by atoms with Gasteiger partial charge in [0.1, 0.15) is 11.9 Å². The molecule has 0 amide bonds. The van der Waals surface area contributed by atoms with Gasteiger partial charge in [0.25, 0.3) is 0 Å². The molecular formula is C13H14F4O2. The Labute approximate surface area is 108 Å². The van der Waals surface area contributed by atoms with Gasteiger partial charge in [-0.05, 0) is 36.5 Å². The lowest BCUT2D eigenvalue weighted by atomic mass is 9.98. The molecule has 0 heterocycles. The van der Waals surface area contributed by atoms with Crippen LogP contribution in [0.1, 0.15) is 30.1 Å². The van der Waals surface area contributed by atoms with E-state index in [0.717, 1.165) is 25.0 Å². The van der Waals surface area contributed by atoms with Crippen molar-refractivity contribution >= 4 is 0 Å². The summed E-state index contributed by atoms with van der Waals surface area (Å²) < 4.78 is 56.1. The zero-order valence-electron chi connectivity index (χ0n) is 10.2. The Morgan fingerprint density at radius 1 is 1.32 bits per heavy atom. The summed E-state index contributed by atoms with van der Waals surface area (Å²) in [6.45, 7) is 0. The summed E-state index contributed by atoms with van der Waals surface area (Å²) >= 11 is 0. The van der Waals surface area contributed by atoms with Crippen molar-refractivity contribution in [3.05, 3.63) is 35.1 Å². The number of ether oxygens (including phenoxy) is 1. The smallest absolute Gasteiger partial charge is 0.386 e. The molecule has 0 aromatic heterocycles. The van der Waals surface area contributed by atoms with Crippen molar-refractivity contribution in [3.8, 4) is 0 Å². The van der Waals surface area contributed by atoms with Gasteiger partial charge >= 0.3 is 6.18 Å². The van der Waals surface area contributed by atoms with Crippen molar-refractivity contribution in [3.63, 3.8) is 0 Å². The highest BCUT2D eigenvalue weighted by Crippen LogP contribution is 2.41. The largest absolute Gasteiger partial charge is 0.419 e. The van der Waals surface area contributed by atoms with E-state index in [4.69, 9.17) is 4.74 Å². The van der Waals surface area contributed by atoms with E-state index in [1.54, 1.807) is 0 Å². The molecule has 106 valence electrons. The van der Waals surface area contributed by atoms with E-state index in [1.165, 1.54) is 7.11 Å². The summed E-state index contributed by atoms with van der Waals surface area (Å²) in [6, 6.07) is 2.53. The van der Waals surface area contributed by atoms with Gasteiger partial charge in [0, 0.05) is 7.11 Å². The fourth-order valence-corrected chi connectivity index (χ4v) is 2.14. The van der Waals surface area contributed by atoms with Gasteiger partial charge in [0.15, 0.2) is 0 Å². The number of aliphatic hydroxyl groups excluding tert-OH is 1. The van der Waals surface area contributed by atoms with Crippen LogP contribution in [0, 0.1) is 11.7 Å². The molecular weight excluding hydrogens is 264 g/mol. The van der Waals surface area contributed by atoms with E-state index in [2.05, 4.69) is 0 Å². The highest BCUT2D eigenvalue weighted by Gasteiger charge is 2.39. The molecule has 0 saturated heterocycles. The number of aliphatic hydroxyl groups is 1. The molecule has 19 heavy (non-hydrogen) atoms. The van der Waals surface area contributed by atoms with Crippen LogP contribution >= 0.6 is 0 Å². The molecule has 1 aliphatic rings. The molecule has 1 aromatic carbocycles. The van der Waals surface area contributed by atoms with Crippen LogP contribution in [-0.4, -0.2) is 18.3 Å². The van der Waals surface area contributed by atoms with E-state index in [1.807, 2.05) is 0 Å². The summed E-state index contributed by atoms with van der Waals surface area (Å²) in [6.07, 6.45) is -4.75. The predicted molar refractivity (Wildman–Crippen MR) is 59.9 cm³/mol. The van der Waals surface area contributed by atoms with Gasteiger partial charge in [0.2, 0.25) is 0 Å². The van der Waals surface area contributed by atoms with Crippen LogP contribution in [0.15, 0.2) is 18.2 Å². The zero-order chi connectivity index (χ0) is 14.2. The van der Waals surface area contributed by atoms with Gasteiger partial charge in [-0.25, -0.2) is 4.39 Å². The lowest BCUT2D eigenvalue weighted by Gasteiger charge is -2.22. The lowest BCUT2D eigenvalue weighted by Crippen LogP contribution is -2.23. The van der Waals surface area contributed by atoms with Crippen LogP contribution in [0.3, 0.4) is 0 Å². The van der Waals surface area contributed by atoms with Crippen molar-refractivity contribution in [2.45, 2.75) is 31.2 Å². The highest BCUT2D eigenvalue weighted by atomic mass is 19.4. The molecule has 2 nitrogen and oxygen atoms in total. The monoisotopic (exact) mass is 278 g/mol. The Balaban J connectivity index is 2.29. The second-order valence-electron chi connectivity index (χ2n) is 4.72. The molecule has 1 N–H and O–H groups in total. The van der Waals surface area contributed by atoms with E-state index in [0.29, 0.717) is 6.07 Å². The number of halogens is 4. The van der Waals surface area contributed by atoms with Crippen molar-refractivity contribution in [2.24, 2.45) is 5.92 Å². The minimum atomic E-state index is -4.78. The van der Waals surface area contributed by atoms with Crippen LogP contribution in [0.4, 0.5) is 17.6 Å². The molecule has 1 aromatic rings. The molecule has 2 rings (SSSR count). The van der Waals surface area contributed by atoms with Gasteiger partial charge in [-0.2, -0.15) is 13.2 Å². The van der Waals surface area contributed by atoms with Gasteiger partial charge in [-0.1, -0.05) is 6.07 Å². The van der Waals surface area contributed by atoms with E-state index < -0.39 is 29.8 Å². The first-order valence-electron chi connectivity index (χ1n) is 5.92. The third kappa shape index (κ3) is 3.06. The number of methoxy groups -OCH3 is 1. The molecule has 0 bridgehead atoms. The topological polar surface area (TPSA) is 29.5 Å². The Kier molecular flexibility index (Phi) is 3.82. The molecule has 0 radical (unpaired) electrons. The second kappa shape index (κ2) is 5.09. The number of alkyl halides is 3. The Morgan fingerprint density at radius 2 is 1.95 bits per heavy atom. The normalized spacial score (nSPS) is 19.3. The van der Waals surface area contributed by atoms with Crippen LogP contribution < -0.4 is 0 Å². The summed E-state index contributed by atoms with van der Waals surface area (Å²) in [5, 5.41) is 10.1. The maximum absolute atomic E-state index is 13.2. The molecule has 2 atom stereocenters. The second-order valence-corrected chi connectivity index (χ2v) is 4.72. The average Bonchev–Trinajstić information content (AvgIpc) is 3.13. The van der Waals surface area contributed by atoms with Gasteiger partial charge in [0.05, 0.1) is 11.7 Å². The van der Waals surface area contributed by atoms with Crippen molar-refractivity contribution in [1.82, 2.24) is 0 Å². The molecule has 0 spiro atoms. The summed E-state index contributed by atoms with van der Waals surface area (Å²) in [7, 11) is 1.40. The molecule has 1 fully saturated rings. The number of hydrogen-bond donors (Lipinski definition) is 1. The maximum atomic E-state index is 13.2. The van der Waals surface area contributed by atoms with Gasteiger partial charge in [-0.15, -0.1) is 0 Å². The Morgan fingerprint density at radius 3 is 2.42 bits per heavy atom. The van der Waals surface area contributed by atoms with Crippen LogP contribution in [-0.2, 0) is 10.9 Å². The Hall–Kier alpha value is -1.14. The fourth-order valence-electron chi connectivity index (χ4n) is 2.14. The summed E-state index contributed by atoms with van der Waals surface area (Å²) in [5.74, 6) is -1.19. The van der Waals surface area contributed by atoms with E-state index in [-0.39, 0.29) is 11.5 Å². The average molecular weight is 278 g/mol. The minimum absolute atomic E-state index is 0.0208. The third-order valence-electron chi connectivity index (χ3n) is 3.31. The predicted octanol–water partition coefficient (Wildman–Crippen LogP) is 3.30. The first kappa shape index (κ1) is 14.3. The third-order valence-corrected chi connectivity index (χ3v) is 3.31. The molecule has 1 aliphatic carbocycles. The lowest BCUT2D eigenvalue weighted by molar-refractivity contribution is -0.140. The standard InChI is InChI=1S/C13H14F4O2/c1-19-12(7-2-3-7)11(18)8-4-5-10(14)9(6-8)13(15,16)17/h4-7,11-12,18H,2-3H2,1H3. The van der Waals surface area contributed by atoms with Crippen LogP contribution in [0.2, 0.25) is 0 Å². The van der Waals surface area contributed by atoms with Crippen molar-refractivity contribution in [2.75, 3.05) is 7.11 Å². The van der Waals surface area contributed by atoms with Crippen molar-refractivity contribution < 1.29 is 27.4 Å². The quantitative estimate of drug-likeness (QED) is 0.856. The first-order chi connectivity index (χ1) is 8.84. The number of hydrogen-bond acceptors (Lipinski definition) is 2. The maximum Gasteiger partial charge on any atom is 0.419 e. The SMILES string of the molecule is COC(C1CC1)C(O)c1ccc(F)c(C(F)(F)F)c1. The number of rotatable bonds is 4. The zero-order valence-corrected chi connectivity index (χ0v) is 10.2. The number of benzene rings is 1.